The van der Waals surface area contributed by atoms with Crippen LogP contribution in [-0.2, 0) is 16.1 Å². The summed E-state index contributed by atoms with van der Waals surface area (Å²) in [5, 5.41) is 10.8. The largest absolute Gasteiger partial charge is 0.493 e. The van der Waals surface area contributed by atoms with Crippen LogP contribution in [0, 0.1) is 13.7 Å². The van der Waals surface area contributed by atoms with Gasteiger partial charge in [-0.25, -0.2) is 9.79 Å². The number of methoxy groups -OCH3 is 1. The summed E-state index contributed by atoms with van der Waals surface area (Å²) in [7, 11) is 1.53. The van der Waals surface area contributed by atoms with Gasteiger partial charge in [-0.3, -0.25) is 10.1 Å². The van der Waals surface area contributed by atoms with Gasteiger partial charge in [0.2, 0.25) is 5.90 Å². The Morgan fingerprint density at radius 3 is 2.42 bits per heavy atom. The van der Waals surface area contributed by atoms with Gasteiger partial charge >= 0.3 is 5.97 Å². The van der Waals surface area contributed by atoms with E-state index in [9.17, 15) is 14.9 Å². The van der Waals surface area contributed by atoms with Crippen molar-refractivity contribution in [2.75, 3.05) is 7.11 Å². The molecule has 36 heavy (non-hydrogen) atoms. The molecule has 184 valence electrons. The second-order valence-corrected chi connectivity index (χ2v) is 9.52. The zero-order chi connectivity index (χ0) is 25.8. The second-order valence-electron chi connectivity index (χ2n) is 8.36. The molecule has 0 aliphatic carbocycles. The Bertz CT molecular complexity index is 1360. The van der Waals surface area contributed by atoms with E-state index in [-0.39, 0.29) is 23.9 Å². The van der Waals surface area contributed by atoms with Gasteiger partial charge in [-0.1, -0.05) is 26.0 Å². The van der Waals surface area contributed by atoms with Crippen molar-refractivity contribution in [2.24, 2.45) is 4.99 Å². The van der Waals surface area contributed by atoms with Crippen molar-refractivity contribution in [3.05, 3.63) is 102 Å². The summed E-state index contributed by atoms with van der Waals surface area (Å²) < 4.78 is 17.6. The van der Waals surface area contributed by atoms with Crippen LogP contribution in [0.2, 0.25) is 0 Å². The molecule has 0 amide bonds. The van der Waals surface area contributed by atoms with Crippen LogP contribution in [0.3, 0.4) is 0 Å². The molecule has 0 bridgehead atoms. The van der Waals surface area contributed by atoms with Crippen LogP contribution in [0.25, 0.3) is 6.08 Å². The van der Waals surface area contributed by atoms with Crippen LogP contribution in [0.15, 0.2) is 71.4 Å². The van der Waals surface area contributed by atoms with Gasteiger partial charge in [0.25, 0.3) is 5.69 Å². The third kappa shape index (κ3) is 5.73. The summed E-state index contributed by atoms with van der Waals surface area (Å²) in [5.74, 6) is 1.16. The molecule has 9 heteroatoms. The Balaban J connectivity index is 1.54. The maximum Gasteiger partial charge on any atom is 0.363 e. The van der Waals surface area contributed by atoms with E-state index in [1.807, 2.05) is 30.3 Å². The number of nitrogens with zero attached hydrogens (tertiary/aromatic N) is 2. The molecular formula is C27H23IN2O6. The minimum Gasteiger partial charge on any atom is -0.493 e. The first-order valence-corrected chi connectivity index (χ1v) is 12.2. The minimum atomic E-state index is -0.523. The number of ether oxygens (including phenoxy) is 3. The number of carbonyl (C=O) groups is 1. The Morgan fingerprint density at radius 2 is 1.81 bits per heavy atom. The molecule has 0 atom stereocenters. The molecule has 8 nitrogen and oxygen atoms in total. The number of carbonyl (C=O) groups excluding carboxylic acids is 1. The smallest absolute Gasteiger partial charge is 0.363 e. The van der Waals surface area contributed by atoms with Crippen LogP contribution >= 0.6 is 22.6 Å². The van der Waals surface area contributed by atoms with Crippen LogP contribution in [0.1, 0.15) is 42.0 Å². The van der Waals surface area contributed by atoms with E-state index in [1.54, 1.807) is 24.3 Å². The fraction of sp³-hybridized carbons (Fsp3) is 0.185. The van der Waals surface area contributed by atoms with Gasteiger partial charge < -0.3 is 14.2 Å². The van der Waals surface area contributed by atoms with E-state index in [1.165, 1.54) is 24.8 Å². The van der Waals surface area contributed by atoms with Gasteiger partial charge in [-0.05, 0) is 87.7 Å². The molecule has 1 aliphatic rings. The van der Waals surface area contributed by atoms with Crippen molar-refractivity contribution < 1.29 is 23.9 Å². The molecule has 0 saturated heterocycles. The lowest BCUT2D eigenvalue weighted by Gasteiger charge is -2.13. The van der Waals surface area contributed by atoms with Crippen LogP contribution < -0.4 is 9.47 Å². The highest BCUT2D eigenvalue weighted by Gasteiger charge is 2.24. The highest BCUT2D eigenvalue weighted by atomic mass is 127. The number of halogens is 1. The maximum atomic E-state index is 12.5. The summed E-state index contributed by atoms with van der Waals surface area (Å²) in [6, 6.07) is 17.6. The van der Waals surface area contributed by atoms with Crippen molar-refractivity contribution in [2.45, 2.75) is 26.4 Å². The van der Waals surface area contributed by atoms with E-state index in [0.717, 1.165) is 14.7 Å². The number of nitro benzene ring substituents is 1. The van der Waals surface area contributed by atoms with Crippen LogP contribution in [-0.4, -0.2) is 23.9 Å². The molecular weight excluding hydrogens is 575 g/mol. The van der Waals surface area contributed by atoms with Crippen LogP contribution in [0.4, 0.5) is 5.69 Å². The molecule has 3 aromatic rings. The first-order valence-electron chi connectivity index (χ1n) is 11.1. The molecule has 0 unspecified atom stereocenters. The third-order valence-corrected chi connectivity index (χ3v) is 6.33. The molecule has 0 N–H and O–H groups in total. The van der Waals surface area contributed by atoms with Gasteiger partial charge in [-0.15, -0.1) is 0 Å². The summed E-state index contributed by atoms with van der Waals surface area (Å²) in [4.78, 5) is 27.3. The molecule has 0 fully saturated rings. The highest BCUT2D eigenvalue weighted by Crippen LogP contribution is 2.35. The van der Waals surface area contributed by atoms with E-state index < -0.39 is 10.9 Å². The number of nitro groups is 1. The van der Waals surface area contributed by atoms with Gasteiger partial charge in [0.1, 0.15) is 6.61 Å². The predicted molar refractivity (Wildman–Crippen MR) is 144 cm³/mol. The maximum absolute atomic E-state index is 12.5. The molecule has 0 aromatic heterocycles. The summed E-state index contributed by atoms with van der Waals surface area (Å²) >= 11 is 2.13. The fourth-order valence-corrected chi connectivity index (χ4v) is 4.31. The predicted octanol–water partition coefficient (Wildman–Crippen LogP) is 6.25. The van der Waals surface area contributed by atoms with E-state index >= 15 is 0 Å². The summed E-state index contributed by atoms with van der Waals surface area (Å²) in [5.41, 5.74) is 3.62. The second kappa shape index (κ2) is 10.9. The summed E-state index contributed by atoms with van der Waals surface area (Å²) in [6.07, 6.45) is 1.64. The number of hydrogen-bond donors (Lipinski definition) is 0. The first kappa shape index (κ1) is 25.4. The normalized spacial score (nSPS) is 14.1. The molecule has 4 rings (SSSR count). The van der Waals surface area contributed by atoms with Crippen molar-refractivity contribution in [1.29, 1.82) is 0 Å². The lowest BCUT2D eigenvalue weighted by Crippen LogP contribution is -2.05. The van der Waals surface area contributed by atoms with Gasteiger partial charge in [0.15, 0.2) is 17.2 Å². The molecule has 0 radical (unpaired) electrons. The number of hydrogen-bond acceptors (Lipinski definition) is 7. The Hall–Kier alpha value is -3.73. The lowest BCUT2D eigenvalue weighted by atomic mass is 10.0. The van der Waals surface area contributed by atoms with E-state index in [2.05, 4.69) is 41.4 Å². The fourth-order valence-electron chi connectivity index (χ4n) is 3.53. The topological polar surface area (TPSA) is 100 Å². The number of esters is 1. The number of aliphatic imine (C=N–C) groups is 1. The van der Waals surface area contributed by atoms with Crippen molar-refractivity contribution in [3.63, 3.8) is 0 Å². The quantitative estimate of drug-likeness (QED) is 0.0999. The zero-order valence-electron chi connectivity index (χ0n) is 19.9. The monoisotopic (exact) mass is 598 g/mol. The Morgan fingerprint density at radius 1 is 1.11 bits per heavy atom. The summed E-state index contributed by atoms with van der Waals surface area (Å²) in [6.45, 7) is 4.44. The number of non-ortho nitro benzene ring substituents is 1. The standard InChI is InChI=1S/C27H23IN2O6/c1-16(2)19-6-8-20(9-7-19)26-29-23(27(31)36-26)13-18-12-22(28)25(24(14-18)34-3)35-15-17-4-10-21(11-5-17)30(32)33/h4-14,16H,15H2,1-3H3/b23-13-. The minimum absolute atomic E-state index is 0.0205. The van der Waals surface area contributed by atoms with Gasteiger partial charge in [0, 0.05) is 17.7 Å². The third-order valence-electron chi connectivity index (χ3n) is 5.53. The zero-order valence-corrected chi connectivity index (χ0v) is 22.0. The Kier molecular flexibility index (Phi) is 7.68. The van der Waals surface area contributed by atoms with E-state index in [4.69, 9.17) is 14.2 Å². The van der Waals surface area contributed by atoms with Crippen LogP contribution in [0.5, 0.6) is 11.5 Å². The molecule has 1 heterocycles. The Labute approximate surface area is 221 Å². The molecule has 0 saturated carbocycles. The van der Waals surface area contributed by atoms with Crippen molar-refractivity contribution in [3.8, 4) is 11.5 Å². The highest BCUT2D eigenvalue weighted by molar-refractivity contribution is 14.1. The SMILES string of the molecule is COc1cc(/C=C2\N=C(c3ccc(C(C)C)cc3)OC2=O)cc(I)c1OCc1ccc([N+](=O)[O-])cc1. The molecule has 0 spiro atoms. The lowest BCUT2D eigenvalue weighted by molar-refractivity contribution is -0.384. The number of rotatable bonds is 8. The van der Waals surface area contributed by atoms with Crippen molar-refractivity contribution in [1.82, 2.24) is 0 Å². The van der Waals surface area contributed by atoms with Gasteiger partial charge in [-0.2, -0.15) is 0 Å². The average Bonchev–Trinajstić information content (AvgIpc) is 3.23. The molecule has 3 aromatic carbocycles. The number of cyclic esters (lactones) is 1. The number of benzene rings is 3. The van der Waals surface area contributed by atoms with Crippen molar-refractivity contribution >= 4 is 46.2 Å². The van der Waals surface area contributed by atoms with Gasteiger partial charge in [0.05, 0.1) is 15.6 Å². The van der Waals surface area contributed by atoms with E-state index in [0.29, 0.717) is 23.0 Å². The first-order chi connectivity index (χ1) is 17.2. The molecule has 1 aliphatic heterocycles. The average molecular weight is 598 g/mol.